The molecule has 1 atom stereocenters. The summed E-state index contributed by atoms with van der Waals surface area (Å²) < 4.78 is 5.68. The number of ether oxygens (including phenoxy) is 1. The van der Waals surface area contributed by atoms with Gasteiger partial charge in [-0.3, -0.25) is 4.90 Å². The van der Waals surface area contributed by atoms with Gasteiger partial charge in [0.15, 0.2) is 0 Å². The topological polar surface area (TPSA) is 29.8 Å². The Labute approximate surface area is 92.6 Å². The van der Waals surface area contributed by atoms with Gasteiger partial charge in [0.05, 0.1) is 12.7 Å². The Balaban J connectivity index is 1.67. The molecule has 2 aliphatic heterocycles. The SMILES string of the molecule is CCN1CCN(CC2C[N]CCO2)CC1. The molecule has 4 nitrogen and oxygen atoms in total. The number of piperazine rings is 1. The second-order valence-corrected chi connectivity index (χ2v) is 4.36. The largest absolute Gasteiger partial charge is 0.374 e. The lowest BCUT2D eigenvalue weighted by Crippen LogP contribution is -2.50. The highest BCUT2D eigenvalue weighted by Crippen LogP contribution is 2.05. The highest BCUT2D eigenvalue weighted by Gasteiger charge is 2.21. The van der Waals surface area contributed by atoms with Crippen LogP contribution in [0.4, 0.5) is 0 Å². The maximum atomic E-state index is 5.68. The minimum Gasteiger partial charge on any atom is -0.374 e. The van der Waals surface area contributed by atoms with E-state index in [1.165, 1.54) is 32.7 Å². The van der Waals surface area contributed by atoms with Crippen molar-refractivity contribution < 1.29 is 4.74 Å². The van der Waals surface area contributed by atoms with Crippen LogP contribution in [-0.2, 0) is 4.74 Å². The summed E-state index contributed by atoms with van der Waals surface area (Å²) in [6, 6.07) is 0. The molecule has 2 aliphatic rings. The minimum atomic E-state index is 0.354. The zero-order chi connectivity index (χ0) is 10.5. The van der Waals surface area contributed by atoms with Crippen LogP contribution in [0.1, 0.15) is 6.92 Å². The molecule has 4 heteroatoms. The normalized spacial score (nSPS) is 30.6. The number of nitrogens with zero attached hydrogens (tertiary/aromatic N) is 3. The second kappa shape index (κ2) is 5.80. The number of hydrogen-bond donors (Lipinski definition) is 0. The van der Waals surface area contributed by atoms with Gasteiger partial charge in [0.1, 0.15) is 0 Å². The fourth-order valence-corrected chi connectivity index (χ4v) is 2.26. The number of likely N-dealkylation sites (N-methyl/N-ethyl adjacent to an activating group) is 1. The predicted molar refractivity (Wildman–Crippen MR) is 60.2 cm³/mol. The number of morpholine rings is 1. The standard InChI is InChI=1S/C11H22N3O/c1-2-13-4-6-14(7-5-13)10-11-9-12-3-8-15-11/h11H,2-10H2,1H3. The zero-order valence-corrected chi connectivity index (χ0v) is 9.69. The summed E-state index contributed by atoms with van der Waals surface area (Å²) in [6.45, 7) is 11.9. The van der Waals surface area contributed by atoms with Gasteiger partial charge >= 0.3 is 0 Å². The molecule has 0 bridgehead atoms. The lowest BCUT2D eigenvalue weighted by atomic mass is 10.2. The van der Waals surface area contributed by atoms with E-state index >= 15 is 0 Å². The highest BCUT2D eigenvalue weighted by molar-refractivity contribution is 4.76. The van der Waals surface area contributed by atoms with Crippen LogP contribution in [0.15, 0.2) is 0 Å². The Kier molecular flexibility index (Phi) is 4.38. The first-order chi connectivity index (χ1) is 7.38. The summed E-state index contributed by atoms with van der Waals surface area (Å²) in [6.07, 6.45) is 0.354. The van der Waals surface area contributed by atoms with Crippen LogP contribution in [0.5, 0.6) is 0 Å². The van der Waals surface area contributed by atoms with Gasteiger partial charge in [0.25, 0.3) is 0 Å². The molecule has 0 N–H and O–H groups in total. The Morgan fingerprint density at radius 1 is 1.20 bits per heavy atom. The monoisotopic (exact) mass is 212 g/mol. The molecule has 0 amide bonds. The van der Waals surface area contributed by atoms with Crippen LogP contribution in [0, 0.1) is 0 Å². The van der Waals surface area contributed by atoms with Crippen LogP contribution in [0.2, 0.25) is 0 Å². The molecule has 87 valence electrons. The van der Waals surface area contributed by atoms with Gasteiger partial charge in [-0.05, 0) is 6.54 Å². The first kappa shape index (κ1) is 11.3. The predicted octanol–water partition coefficient (Wildman–Crippen LogP) is -0.373. The van der Waals surface area contributed by atoms with Crippen molar-refractivity contribution >= 4 is 0 Å². The molecule has 0 aliphatic carbocycles. The maximum Gasteiger partial charge on any atom is 0.0843 e. The molecule has 2 fully saturated rings. The van der Waals surface area contributed by atoms with Gasteiger partial charge in [0, 0.05) is 45.8 Å². The zero-order valence-electron chi connectivity index (χ0n) is 9.69. The molecule has 2 heterocycles. The molecule has 2 saturated heterocycles. The van der Waals surface area contributed by atoms with E-state index in [9.17, 15) is 0 Å². The fraction of sp³-hybridized carbons (Fsp3) is 1.00. The van der Waals surface area contributed by atoms with Crippen molar-refractivity contribution in [2.45, 2.75) is 13.0 Å². The third-order valence-corrected chi connectivity index (χ3v) is 3.31. The minimum absolute atomic E-state index is 0.354. The van der Waals surface area contributed by atoms with Crippen molar-refractivity contribution in [1.82, 2.24) is 15.1 Å². The van der Waals surface area contributed by atoms with E-state index in [0.29, 0.717) is 6.10 Å². The van der Waals surface area contributed by atoms with Crippen LogP contribution < -0.4 is 5.32 Å². The molecular formula is C11H22N3O. The van der Waals surface area contributed by atoms with Crippen molar-refractivity contribution in [2.75, 3.05) is 59.0 Å². The molecule has 0 aromatic carbocycles. The summed E-state index contributed by atoms with van der Waals surface area (Å²) in [5.74, 6) is 0. The Morgan fingerprint density at radius 3 is 2.53 bits per heavy atom. The summed E-state index contributed by atoms with van der Waals surface area (Å²) >= 11 is 0. The summed E-state index contributed by atoms with van der Waals surface area (Å²) in [5.41, 5.74) is 0. The lowest BCUT2D eigenvalue weighted by molar-refractivity contribution is -0.00477. The first-order valence-electron chi connectivity index (χ1n) is 6.08. The van der Waals surface area contributed by atoms with Crippen molar-refractivity contribution in [1.29, 1.82) is 0 Å². The second-order valence-electron chi connectivity index (χ2n) is 4.36. The molecule has 0 aromatic heterocycles. The molecule has 0 spiro atoms. The van der Waals surface area contributed by atoms with Crippen LogP contribution in [-0.4, -0.2) is 74.9 Å². The summed E-state index contributed by atoms with van der Waals surface area (Å²) in [4.78, 5) is 5.01. The highest BCUT2D eigenvalue weighted by atomic mass is 16.5. The van der Waals surface area contributed by atoms with Gasteiger partial charge in [-0.15, -0.1) is 0 Å². The molecule has 15 heavy (non-hydrogen) atoms. The van der Waals surface area contributed by atoms with E-state index in [0.717, 1.165) is 26.2 Å². The smallest absolute Gasteiger partial charge is 0.0843 e. The molecule has 0 saturated carbocycles. The van der Waals surface area contributed by atoms with E-state index in [1.807, 2.05) is 0 Å². The third-order valence-electron chi connectivity index (χ3n) is 3.31. The van der Waals surface area contributed by atoms with Crippen LogP contribution in [0.3, 0.4) is 0 Å². The van der Waals surface area contributed by atoms with Crippen molar-refractivity contribution in [3.05, 3.63) is 0 Å². The van der Waals surface area contributed by atoms with Gasteiger partial charge in [0.2, 0.25) is 0 Å². The molecular weight excluding hydrogens is 190 g/mol. The van der Waals surface area contributed by atoms with Crippen LogP contribution >= 0.6 is 0 Å². The molecule has 1 unspecified atom stereocenters. The summed E-state index contributed by atoms with van der Waals surface area (Å²) in [5, 5.41) is 4.39. The Hall–Kier alpha value is -0.160. The first-order valence-corrected chi connectivity index (χ1v) is 6.08. The van der Waals surface area contributed by atoms with E-state index in [-0.39, 0.29) is 0 Å². The third kappa shape index (κ3) is 3.41. The average Bonchev–Trinajstić information content (AvgIpc) is 2.31. The van der Waals surface area contributed by atoms with Crippen LogP contribution in [0.25, 0.3) is 0 Å². The van der Waals surface area contributed by atoms with Crippen molar-refractivity contribution in [3.63, 3.8) is 0 Å². The molecule has 1 radical (unpaired) electrons. The Morgan fingerprint density at radius 2 is 1.93 bits per heavy atom. The van der Waals surface area contributed by atoms with E-state index in [1.54, 1.807) is 0 Å². The molecule has 2 rings (SSSR count). The van der Waals surface area contributed by atoms with Gasteiger partial charge in [-0.2, -0.15) is 0 Å². The Bertz CT molecular complexity index is 175. The molecule has 0 aromatic rings. The van der Waals surface area contributed by atoms with Crippen molar-refractivity contribution in [3.8, 4) is 0 Å². The van der Waals surface area contributed by atoms with Gasteiger partial charge in [-0.25, -0.2) is 5.32 Å². The number of hydrogen-bond acceptors (Lipinski definition) is 3. The summed E-state index contributed by atoms with van der Waals surface area (Å²) in [7, 11) is 0. The van der Waals surface area contributed by atoms with Gasteiger partial charge in [-0.1, -0.05) is 6.92 Å². The van der Waals surface area contributed by atoms with E-state index in [4.69, 9.17) is 4.74 Å². The van der Waals surface area contributed by atoms with Gasteiger partial charge < -0.3 is 9.64 Å². The fourth-order valence-electron chi connectivity index (χ4n) is 2.26. The number of rotatable bonds is 3. The van der Waals surface area contributed by atoms with Crippen molar-refractivity contribution in [2.24, 2.45) is 0 Å². The van der Waals surface area contributed by atoms with E-state index < -0.39 is 0 Å². The quantitative estimate of drug-likeness (QED) is 0.639. The maximum absolute atomic E-state index is 5.68. The van der Waals surface area contributed by atoms with E-state index in [2.05, 4.69) is 22.0 Å². The lowest BCUT2D eigenvalue weighted by Gasteiger charge is -2.36. The average molecular weight is 212 g/mol.